The van der Waals surface area contributed by atoms with Crippen LogP contribution in [0.25, 0.3) is 0 Å². The Hall–Kier alpha value is -2.18. The molecule has 0 saturated heterocycles. The second kappa shape index (κ2) is 10.4. The lowest BCUT2D eigenvalue weighted by Gasteiger charge is -2.29. The molecule has 6 heteroatoms. The second-order valence-electron chi connectivity index (χ2n) is 6.79. The number of hydrogen-bond donors (Lipinski definition) is 1. The van der Waals surface area contributed by atoms with Crippen LogP contribution in [-0.4, -0.2) is 29.6 Å². The molecule has 0 aromatic heterocycles. The van der Waals surface area contributed by atoms with Crippen LogP contribution in [0.4, 0.5) is 5.69 Å². The molecule has 1 unspecified atom stereocenters. The van der Waals surface area contributed by atoms with Crippen LogP contribution < -0.4 is 5.06 Å². The molecule has 1 N–H and O–H groups in total. The van der Waals surface area contributed by atoms with E-state index < -0.39 is 6.04 Å². The van der Waals surface area contributed by atoms with Crippen LogP contribution in [0.15, 0.2) is 53.0 Å². The Morgan fingerprint density at radius 1 is 1.11 bits per heavy atom. The summed E-state index contributed by atoms with van der Waals surface area (Å²) in [6.45, 7) is 6.07. The highest BCUT2D eigenvalue weighted by Crippen LogP contribution is 2.29. The molecule has 2 aromatic carbocycles. The van der Waals surface area contributed by atoms with E-state index in [1.807, 2.05) is 32.0 Å². The molecule has 1 atom stereocenters. The molecule has 0 spiro atoms. The van der Waals surface area contributed by atoms with E-state index in [9.17, 15) is 14.8 Å². The van der Waals surface area contributed by atoms with E-state index in [1.54, 1.807) is 37.3 Å². The molecular weight excluding hydrogens is 422 g/mol. The molecule has 0 aliphatic heterocycles. The van der Waals surface area contributed by atoms with Crippen LogP contribution in [0.2, 0.25) is 0 Å². The van der Waals surface area contributed by atoms with Crippen molar-refractivity contribution in [2.45, 2.75) is 45.6 Å². The van der Waals surface area contributed by atoms with Crippen molar-refractivity contribution in [1.82, 2.24) is 0 Å². The number of carbonyl (C=O) groups excluding carboxylic acids is 2. The molecule has 0 amide bonds. The number of rotatable bonds is 9. The molecule has 0 bridgehead atoms. The van der Waals surface area contributed by atoms with E-state index in [-0.39, 0.29) is 37.1 Å². The molecule has 5 nitrogen and oxygen atoms in total. The minimum absolute atomic E-state index is 0.0433. The molecule has 0 aliphatic carbocycles. The Kier molecular flexibility index (Phi) is 8.20. The van der Waals surface area contributed by atoms with Crippen molar-refractivity contribution in [2.75, 3.05) is 11.7 Å². The summed E-state index contributed by atoms with van der Waals surface area (Å²) in [7, 11) is 0. The van der Waals surface area contributed by atoms with Crippen LogP contribution in [0.3, 0.4) is 0 Å². The van der Waals surface area contributed by atoms with E-state index in [2.05, 4.69) is 15.9 Å². The van der Waals surface area contributed by atoms with Crippen LogP contribution in [0.1, 0.15) is 55.5 Å². The zero-order valence-corrected chi connectivity index (χ0v) is 18.0. The van der Waals surface area contributed by atoms with Gasteiger partial charge in [-0.3, -0.25) is 14.8 Å². The summed E-state index contributed by atoms with van der Waals surface area (Å²) < 4.78 is 5.84. The lowest BCUT2D eigenvalue weighted by Crippen LogP contribution is -2.40. The standard InChI is InChI=1S/C22H26BrNO4/c1-4-28-21(25)14-13-20(22(26)16-9-11-17(23)12-10-16)24(27)19-8-6-5-7-18(19)15(2)3/h5-12,15,20,27H,4,13-14H2,1-3H3. The van der Waals surface area contributed by atoms with E-state index in [1.165, 1.54) is 0 Å². The molecule has 0 heterocycles. The third kappa shape index (κ3) is 5.66. The summed E-state index contributed by atoms with van der Waals surface area (Å²) in [6, 6.07) is 13.5. The number of hydroxylamine groups is 1. The maximum Gasteiger partial charge on any atom is 0.305 e. The molecule has 2 rings (SSSR count). The number of nitrogens with zero attached hydrogens (tertiary/aromatic N) is 1. The van der Waals surface area contributed by atoms with Crippen molar-refractivity contribution < 1.29 is 19.5 Å². The predicted octanol–water partition coefficient (Wildman–Crippen LogP) is 5.36. The largest absolute Gasteiger partial charge is 0.466 e. The number of ketones is 1. The first-order chi connectivity index (χ1) is 13.3. The first kappa shape index (κ1) is 22.1. The Morgan fingerprint density at radius 3 is 2.36 bits per heavy atom. The average molecular weight is 448 g/mol. The number of benzene rings is 2. The Bertz CT molecular complexity index is 804. The maximum absolute atomic E-state index is 13.2. The number of Topliss-reactive ketones (excluding diaryl/α,β-unsaturated/α-hetero) is 1. The lowest BCUT2D eigenvalue weighted by atomic mass is 9.96. The number of hydrogen-bond acceptors (Lipinski definition) is 5. The highest BCUT2D eigenvalue weighted by molar-refractivity contribution is 9.10. The van der Waals surface area contributed by atoms with Crippen LogP contribution in [-0.2, 0) is 9.53 Å². The first-order valence-electron chi connectivity index (χ1n) is 9.37. The predicted molar refractivity (Wildman–Crippen MR) is 113 cm³/mol. The number of carbonyl (C=O) groups is 2. The van der Waals surface area contributed by atoms with Gasteiger partial charge in [0.25, 0.3) is 0 Å². The van der Waals surface area contributed by atoms with Gasteiger partial charge in [-0.1, -0.05) is 60.1 Å². The monoisotopic (exact) mass is 447 g/mol. The Balaban J connectivity index is 2.35. The molecule has 150 valence electrons. The van der Waals surface area contributed by atoms with Crippen molar-refractivity contribution in [3.8, 4) is 0 Å². The second-order valence-corrected chi connectivity index (χ2v) is 7.70. The summed E-state index contributed by atoms with van der Waals surface area (Å²) in [5.74, 6) is -0.473. The van der Waals surface area contributed by atoms with Crippen LogP contribution in [0.5, 0.6) is 0 Å². The summed E-state index contributed by atoms with van der Waals surface area (Å²) >= 11 is 3.36. The van der Waals surface area contributed by atoms with E-state index in [0.717, 1.165) is 15.1 Å². The highest BCUT2D eigenvalue weighted by Gasteiger charge is 2.29. The topological polar surface area (TPSA) is 66.8 Å². The minimum Gasteiger partial charge on any atom is -0.466 e. The van der Waals surface area contributed by atoms with Crippen molar-refractivity contribution >= 4 is 33.4 Å². The van der Waals surface area contributed by atoms with Gasteiger partial charge < -0.3 is 4.74 Å². The van der Waals surface area contributed by atoms with Gasteiger partial charge in [-0.05, 0) is 43.0 Å². The normalized spacial score (nSPS) is 11.9. The molecular formula is C22H26BrNO4. The third-order valence-electron chi connectivity index (χ3n) is 4.46. The zero-order valence-electron chi connectivity index (χ0n) is 16.4. The fourth-order valence-electron chi connectivity index (χ4n) is 3.01. The summed E-state index contributed by atoms with van der Waals surface area (Å²) in [5, 5.41) is 12.0. The van der Waals surface area contributed by atoms with Gasteiger partial charge in [-0.15, -0.1) is 0 Å². The number of ether oxygens (including phenoxy) is 1. The van der Waals surface area contributed by atoms with Gasteiger partial charge in [0.15, 0.2) is 5.78 Å². The minimum atomic E-state index is -0.898. The van der Waals surface area contributed by atoms with Gasteiger partial charge in [0, 0.05) is 16.5 Å². The van der Waals surface area contributed by atoms with Crippen molar-refractivity contribution in [3.63, 3.8) is 0 Å². The average Bonchev–Trinajstić information content (AvgIpc) is 2.68. The number of anilines is 1. The molecule has 0 radical (unpaired) electrons. The molecule has 2 aromatic rings. The van der Waals surface area contributed by atoms with Gasteiger partial charge in [0.05, 0.1) is 12.3 Å². The SMILES string of the molecule is CCOC(=O)CCC(C(=O)c1ccc(Br)cc1)N(O)c1ccccc1C(C)C. The number of para-hydroxylation sites is 1. The first-order valence-corrected chi connectivity index (χ1v) is 10.2. The van der Waals surface area contributed by atoms with Crippen molar-refractivity contribution in [1.29, 1.82) is 0 Å². The van der Waals surface area contributed by atoms with Gasteiger partial charge in [0.1, 0.15) is 6.04 Å². The molecule has 0 aliphatic rings. The molecule has 28 heavy (non-hydrogen) atoms. The van der Waals surface area contributed by atoms with E-state index in [4.69, 9.17) is 4.74 Å². The molecule has 0 saturated carbocycles. The quantitative estimate of drug-likeness (QED) is 0.318. The summed E-state index contributed by atoms with van der Waals surface area (Å²) in [6.07, 6.45) is 0.193. The fourth-order valence-corrected chi connectivity index (χ4v) is 3.28. The Morgan fingerprint density at radius 2 is 1.75 bits per heavy atom. The number of halogens is 1. The zero-order chi connectivity index (χ0) is 20.7. The summed E-state index contributed by atoms with van der Waals surface area (Å²) in [5.41, 5.74) is 1.96. The highest BCUT2D eigenvalue weighted by atomic mass is 79.9. The van der Waals surface area contributed by atoms with Crippen molar-refractivity contribution in [2.24, 2.45) is 0 Å². The third-order valence-corrected chi connectivity index (χ3v) is 4.99. The van der Waals surface area contributed by atoms with E-state index >= 15 is 0 Å². The molecule has 0 fully saturated rings. The van der Waals surface area contributed by atoms with Gasteiger partial charge in [0.2, 0.25) is 0 Å². The van der Waals surface area contributed by atoms with E-state index in [0.29, 0.717) is 11.3 Å². The van der Waals surface area contributed by atoms with Crippen molar-refractivity contribution in [3.05, 3.63) is 64.1 Å². The number of esters is 1. The smallest absolute Gasteiger partial charge is 0.305 e. The van der Waals surface area contributed by atoms with Gasteiger partial charge in [-0.2, -0.15) is 0 Å². The van der Waals surface area contributed by atoms with Crippen LogP contribution in [0, 0.1) is 0 Å². The lowest BCUT2D eigenvalue weighted by molar-refractivity contribution is -0.143. The van der Waals surface area contributed by atoms with Crippen LogP contribution >= 0.6 is 15.9 Å². The van der Waals surface area contributed by atoms with Gasteiger partial charge >= 0.3 is 5.97 Å². The Labute approximate surface area is 174 Å². The fraction of sp³-hybridized carbons (Fsp3) is 0.364. The van der Waals surface area contributed by atoms with Gasteiger partial charge in [-0.25, -0.2) is 5.06 Å². The summed E-state index contributed by atoms with van der Waals surface area (Å²) in [4.78, 5) is 25.0. The maximum atomic E-state index is 13.2.